The second-order valence-corrected chi connectivity index (χ2v) is 8.28. The van der Waals surface area contributed by atoms with Gasteiger partial charge in [-0.3, -0.25) is 4.79 Å². The van der Waals surface area contributed by atoms with Crippen LogP contribution in [0.3, 0.4) is 0 Å². The number of carbonyl (C=O) groups is 1. The molecule has 0 bridgehead atoms. The van der Waals surface area contributed by atoms with E-state index < -0.39 is 0 Å². The number of aromatic nitrogens is 2. The second-order valence-electron chi connectivity index (χ2n) is 8.28. The molecule has 0 aliphatic carbocycles. The number of carbonyl (C=O) groups excluding carboxylic acids is 1. The lowest BCUT2D eigenvalue weighted by atomic mass is 9.97. The lowest BCUT2D eigenvalue weighted by Crippen LogP contribution is -2.36. The van der Waals surface area contributed by atoms with Gasteiger partial charge in [-0.2, -0.15) is 0 Å². The smallest absolute Gasteiger partial charge is 0.270 e. The monoisotopic (exact) mass is 382 g/mol. The molecule has 3 heterocycles. The van der Waals surface area contributed by atoms with E-state index in [0.717, 1.165) is 49.6 Å². The Bertz CT molecular complexity index is 912. The molecule has 1 aromatic carbocycles. The van der Waals surface area contributed by atoms with Gasteiger partial charge in [-0.1, -0.05) is 26.0 Å². The van der Waals surface area contributed by atoms with Crippen LogP contribution < -0.4 is 10.2 Å². The molecule has 6 heteroatoms. The zero-order chi connectivity index (χ0) is 19.8. The minimum atomic E-state index is -0.149. The van der Waals surface area contributed by atoms with Gasteiger partial charge in [0, 0.05) is 31.1 Å². The Hall–Kier alpha value is -2.50. The summed E-state index contributed by atoms with van der Waals surface area (Å²) in [5.74, 6) is 2.08. The molecule has 1 unspecified atom stereocenters. The Morgan fingerprint density at radius 1 is 1.32 bits per heavy atom. The molecule has 1 saturated heterocycles. The second kappa shape index (κ2) is 7.49. The molecule has 4 rings (SSSR count). The number of rotatable bonds is 4. The van der Waals surface area contributed by atoms with Crippen molar-refractivity contribution in [3.05, 3.63) is 52.2 Å². The maximum absolute atomic E-state index is 13.5. The van der Waals surface area contributed by atoms with Crippen molar-refractivity contribution in [2.24, 2.45) is 5.92 Å². The van der Waals surface area contributed by atoms with E-state index >= 15 is 0 Å². The number of halogens is 1. The predicted molar refractivity (Wildman–Crippen MR) is 107 cm³/mol. The molecule has 1 fully saturated rings. The molecule has 1 N–H and O–H groups in total. The third-order valence-electron chi connectivity index (χ3n) is 5.73. The van der Waals surface area contributed by atoms with Gasteiger partial charge in [0.1, 0.15) is 23.2 Å². The van der Waals surface area contributed by atoms with Crippen molar-refractivity contribution in [2.45, 2.75) is 46.0 Å². The van der Waals surface area contributed by atoms with Gasteiger partial charge >= 0.3 is 0 Å². The van der Waals surface area contributed by atoms with Gasteiger partial charge in [0.25, 0.3) is 5.91 Å². The summed E-state index contributed by atoms with van der Waals surface area (Å²) in [6.45, 7) is 8.37. The van der Waals surface area contributed by atoms with Crippen molar-refractivity contribution < 1.29 is 9.18 Å². The average Bonchev–Trinajstić information content (AvgIpc) is 3.12. The van der Waals surface area contributed by atoms with Gasteiger partial charge < -0.3 is 10.2 Å². The molecule has 2 aliphatic rings. The molecular formula is C22H27FN4O. The zero-order valence-corrected chi connectivity index (χ0v) is 16.8. The van der Waals surface area contributed by atoms with Crippen LogP contribution in [0.25, 0.3) is 0 Å². The Morgan fingerprint density at radius 2 is 2.14 bits per heavy atom. The van der Waals surface area contributed by atoms with E-state index in [4.69, 9.17) is 4.98 Å². The number of nitrogens with zero attached hydrogens (tertiary/aromatic N) is 3. The molecule has 5 nitrogen and oxygen atoms in total. The van der Waals surface area contributed by atoms with E-state index in [2.05, 4.69) is 29.0 Å². The van der Waals surface area contributed by atoms with Crippen LogP contribution in [0.2, 0.25) is 0 Å². The fraction of sp³-hybridized carbons (Fsp3) is 0.500. The minimum absolute atomic E-state index is 0.0932. The number of hydrogen-bond acceptors (Lipinski definition) is 4. The molecular weight excluding hydrogens is 355 g/mol. The molecule has 2 aromatic rings. The first-order valence-corrected chi connectivity index (χ1v) is 10.1. The highest BCUT2D eigenvalue weighted by atomic mass is 19.1. The topological polar surface area (TPSA) is 58.1 Å². The molecule has 0 radical (unpaired) electrons. The summed E-state index contributed by atoms with van der Waals surface area (Å²) in [6, 6.07) is 5.40. The molecule has 2 aliphatic heterocycles. The third-order valence-corrected chi connectivity index (χ3v) is 5.73. The van der Waals surface area contributed by atoms with Crippen molar-refractivity contribution in [3.8, 4) is 0 Å². The molecule has 1 atom stereocenters. The summed E-state index contributed by atoms with van der Waals surface area (Å²) < 4.78 is 13.5. The average molecular weight is 382 g/mol. The number of anilines is 1. The van der Waals surface area contributed by atoms with Crippen LogP contribution in [0.5, 0.6) is 0 Å². The molecule has 1 aromatic heterocycles. The molecule has 148 valence electrons. The van der Waals surface area contributed by atoms with Crippen molar-refractivity contribution >= 4 is 11.7 Å². The van der Waals surface area contributed by atoms with Gasteiger partial charge in [0.15, 0.2) is 0 Å². The largest absolute Gasteiger partial charge is 0.356 e. The third kappa shape index (κ3) is 3.60. The number of nitrogens with one attached hydrogen (secondary N) is 1. The highest BCUT2D eigenvalue weighted by Crippen LogP contribution is 2.31. The van der Waals surface area contributed by atoms with E-state index in [1.807, 2.05) is 19.1 Å². The summed E-state index contributed by atoms with van der Waals surface area (Å²) in [5.41, 5.74) is 3.39. The Morgan fingerprint density at radius 3 is 2.89 bits per heavy atom. The van der Waals surface area contributed by atoms with Crippen molar-refractivity contribution in [1.82, 2.24) is 15.3 Å². The van der Waals surface area contributed by atoms with E-state index in [-0.39, 0.29) is 17.6 Å². The Labute approximate surface area is 165 Å². The fourth-order valence-electron chi connectivity index (χ4n) is 4.17. The van der Waals surface area contributed by atoms with Crippen LogP contribution in [0, 0.1) is 18.7 Å². The fourth-order valence-corrected chi connectivity index (χ4v) is 4.17. The van der Waals surface area contributed by atoms with Crippen LogP contribution in [0.15, 0.2) is 18.2 Å². The van der Waals surface area contributed by atoms with E-state index in [1.54, 1.807) is 6.07 Å². The summed E-state index contributed by atoms with van der Waals surface area (Å²) in [7, 11) is 0. The molecule has 0 saturated carbocycles. The van der Waals surface area contributed by atoms with E-state index in [1.165, 1.54) is 5.56 Å². The quantitative estimate of drug-likeness (QED) is 0.881. The van der Waals surface area contributed by atoms with Crippen molar-refractivity contribution in [1.29, 1.82) is 0 Å². The molecule has 0 spiro atoms. The predicted octanol–water partition coefficient (Wildman–Crippen LogP) is 3.40. The number of fused-ring (bicyclic) bond motifs is 1. The number of hydrogen-bond donors (Lipinski definition) is 1. The van der Waals surface area contributed by atoms with Gasteiger partial charge in [0.2, 0.25) is 0 Å². The van der Waals surface area contributed by atoms with Gasteiger partial charge in [0.05, 0.1) is 0 Å². The van der Waals surface area contributed by atoms with Crippen molar-refractivity contribution in [2.75, 3.05) is 24.5 Å². The summed E-state index contributed by atoms with van der Waals surface area (Å²) >= 11 is 0. The number of amides is 1. The van der Waals surface area contributed by atoms with Crippen LogP contribution in [0.1, 0.15) is 59.2 Å². The maximum atomic E-state index is 13.5. The number of aryl methyl sites for hydroxylation is 1. The lowest BCUT2D eigenvalue weighted by Gasteiger charge is -2.26. The summed E-state index contributed by atoms with van der Waals surface area (Å²) in [6.07, 6.45) is 2.77. The SMILES string of the molecule is Cc1cc(CC2CCN(c3nc(C(C)C)nc4c3CCNC4=O)C2)ccc1F. The normalized spacial score (nSPS) is 19.1. The Kier molecular flexibility index (Phi) is 5.04. The first-order valence-electron chi connectivity index (χ1n) is 10.1. The highest BCUT2D eigenvalue weighted by molar-refractivity contribution is 5.96. The minimum Gasteiger partial charge on any atom is -0.356 e. The Balaban J connectivity index is 1.58. The lowest BCUT2D eigenvalue weighted by molar-refractivity contribution is 0.0940. The van der Waals surface area contributed by atoms with Crippen molar-refractivity contribution in [3.63, 3.8) is 0 Å². The van der Waals surface area contributed by atoms with Crippen LogP contribution in [-0.4, -0.2) is 35.5 Å². The van der Waals surface area contributed by atoms with Gasteiger partial charge in [-0.05, 0) is 49.3 Å². The van der Waals surface area contributed by atoms with Gasteiger partial charge in [-0.25, -0.2) is 14.4 Å². The highest BCUT2D eigenvalue weighted by Gasteiger charge is 2.30. The van der Waals surface area contributed by atoms with E-state index in [9.17, 15) is 9.18 Å². The number of benzene rings is 1. The van der Waals surface area contributed by atoms with Crippen LogP contribution >= 0.6 is 0 Å². The maximum Gasteiger partial charge on any atom is 0.270 e. The van der Waals surface area contributed by atoms with Crippen LogP contribution in [0.4, 0.5) is 10.2 Å². The zero-order valence-electron chi connectivity index (χ0n) is 16.8. The standard InChI is InChI=1S/C22H27FN4O/c1-13(2)20-25-19-17(6-8-24-22(19)28)21(26-20)27-9-7-16(12-27)11-15-4-5-18(23)14(3)10-15/h4-5,10,13,16H,6-9,11-12H2,1-3H3,(H,24,28). The molecule has 28 heavy (non-hydrogen) atoms. The van der Waals surface area contributed by atoms with Gasteiger partial charge in [-0.15, -0.1) is 0 Å². The molecule has 1 amide bonds. The first kappa shape index (κ1) is 18.8. The van der Waals surface area contributed by atoms with Crippen LogP contribution in [-0.2, 0) is 12.8 Å². The van der Waals surface area contributed by atoms with E-state index in [0.29, 0.717) is 23.7 Å². The first-order chi connectivity index (χ1) is 13.4. The summed E-state index contributed by atoms with van der Waals surface area (Å²) in [4.78, 5) is 24.1. The summed E-state index contributed by atoms with van der Waals surface area (Å²) in [5, 5.41) is 2.90.